The van der Waals surface area contributed by atoms with Gasteiger partial charge in [0.2, 0.25) is 23.6 Å². The number of nitrogens with zero attached hydrogens (tertiary/aromatic N) is 15. The number of amides is 6. The largest absolute Gasteiger partial charge is 0.354 e. The third-order valence-corrected chi connectivity index (χ3v) is 21.4. The standard InChI is InChI=1S/C41H38FN9O3.C25H26FN7.C17H16N2O3/c42-30-7-1-6-28(24-30)33-9-4-18-49(33)38-15-14-36-43-25-35(51(36)46-38)32-8-2-10-37(44-32)48-21-19-47(20-22-48)17-3-5-27-11-12-29-26-50(41(54)31(29)23-27)34-13-16-39(52)45-40(34)53;26-19-5-1-4-18(16-19)21-7-3-13-32(21)25-10-9-23-28-17-22(33(23)30-25)20-6-2-8-24(29-20)31-14-11-27-12-15-31;1-2-3-4-11-5-6-12-10-19(17(22)13(12)9-11)14-7-8-15(20)18-16(14)21/h1-2,6-8,10-12,14-15,23-25,33-34H,4,9,13,16-22,26H2,(H,45,52,53);1-2,4-6,8-10,16-17,21,27H,3,7,11-15H2;5-6,9,14H,2,7-8,10H2,1H3,(H,18,20,21)/t33-,34?;21-;/m11./s1. The molecule has 0 spiro atoms. The molecule has 109 heavy (non-hydrogen) atoms. The molecule has 0 aliphatic carbocycles. The van der Waals surface area contributed by atoms with Crippen LogP contribution in [-0.4, -0.2) is 173 Å². The Kier molecular flexibility index (Phi) is 20.4. The van der Waals surface area contributed by atoms with E-state index < -0.39 is 18.0 Å². The third kappa shape index (κ3) is 15.1. The fraction of sp³-hybridized carbons (Fsp3) is 0.325. The third-order valence-electron chi connectivity index (χ3n) is 21.4. The molecular formula is C83H80F2N18O6. The van der Waals surface area contributed by atoms with Gasteiger partial charge in [-0.05, 0) is 158 Å². The minimum absolute atomic E-state index is 0.0633. The Labute approximate surface area is 628 Å². The number of nitrogens with one attached hydrogen (secondary N) is 3. The summed E-state index contributed by atoms with van der Waals surface area (Å²) in [5, 5.41) is 18.0. The molecule has 24 nitrogen and oxygen atoms in total. The predicted molar refractivity (Wildman–Crippen MR) is 407 cm³/mol. The molecule has 6 amide bonds. The van der Waals surface area contributed by atoms with Crippen LogP contribution in [0.15, 0.2) is 158 Å². The minimum atomic E-state index is -0.631. The van der Waals surface area contributed by atoms with Crippen LogP contribution in [0.4, 0.5) is 32.1 Å². The fourth-order valence-corrected chi connectivity index (χ4v) is 15.8. The zero-order chi connectivity index (χ0) is 74.7. The van der Waals surface area contributed by atoms with Gasteiger partial charge in [-0.2, -0.15) is 0 Å². The number of carbonyl (C=O) groups excluding carboxylic acids is 6. The lowest BCUT2D eigenvalue weighted by Gasteiger charge is -2.34. The van der Waals surface area contributed by atoms with Crippen molar-refractivity contribution in [2.75, 3.05) is 91.6 Å². The summed E-state index contributed by atoms with van der Waals surface area (Å²) in [5.74, 6) is 13.9. The average Bonchev–Trinajstić information content (AvgIpc) is 1.67. The van der Waals surface area contributed by atoms with Crippen LogP contribution in [0.25, 0.3) is 34.1 Å². The van der Waals surface area contributed by atoms with E-state index in [0.29, 0.717) is 43.6 Å². The summed E-state index contributed by atoms with van der Waals surface area (Å²) in [4.78, 5) is 107. The minimum Gasteiger partial charge on any atom is -0.354 e. The summed E-state index contributed by atoms with van der Waals surface area (Å²) >= 11 is 0. The highest BCUT2D eigenvalue weighted by Gasteiger charge is 2.41. The molecule has 0 saturated carbocycles. The number of anilines is 4. The summed E-state index contributed by atoms with van der Waals surface area (Å²) < 4.78 is 31.7. The first-order valence-corrected chi connectivity index (χ1v) is 37.4. The Hall–Kier alpha value is -12.3. The second-order valence-electron chi connectivity index (χ2n) is 28.3. The van der Waals surface area contributed by atoms with Gasteiger partial charge in [0.1, 0.15) is 58.4 Å². The van der Waals surface area contributed by atoms with Crippen molar-refractivity contribution < 1.29 is 37.5 Å². The number of hydrogen-bond donors (Lipinski definition) is 3. The number of aromatic nitrogens is 8. The maximum absolute atomic E-state index is 14.1. The number of benzene rings is 4. The number of halogens is 2. The smallest absolute Gasteiger partial charge is 0.255 e. The maximum atomic E-state index is 14.1. The predicted octanol–water partition coefficient (Wildman–Crippen LogP) is 9.10. The van der Waals surface area contributed by atoms with E-state index in [4.69, 9.17) is 20.2 Å². The highest BCUT2D eigenvalue weighted by atomic mass is 19.1. The van der Waals surface area contributed by atoms with Crippen molar-refractivity contribution >= 4 is 70.0 Å². The van der Waals surface area contributed by atoms with Gasteiger partial charge in [-0.15, -0.1) is 10.2 Å². The zero-order valence-corrected chi connectivity index (χ0v) is 60.3. The van der Waals surface area contributed by atoms with Gasteiger partial charge >= 0.3 is 0 Å². The first-order valence-electron chi connectivity index (χ1n) is 37.4. The lowest BCUT2D eigenvalue weighted by Crippen LogP contribution is -2.52. The molecule has 6 fully saturated rings. The molecule has 552 valence electrons. The van der Waals surface area contributed by atoms with Crippen molar-refractivity contribution in [2.45, 2.75) is 102 Å². The van der Waals surface area contributed by atoms with Gasteiger partial charge in [-0.1, -0.05) is 79.1 Å². The van der Waals surface area contributed by atoms with Crippen LogP contribution in [0, 0.1) is 35.3 Å². The summed E-state index contributed by atoms with van der Waals surface area (Å²) in [5.41, 5.74) is 11.3. The second kappa shape index (κ2) is 31.3. The van der Waals surface area contributed by atoms with Crippen LogP contribution < -0.4 is 35.6 Å². The molecule has 6 aromatic heterocycles. The molecule has 4 aromatic carbocycles. The van der Waals surface area contributed by atoms with Crippen LogP contribution in [0.5, 0.6) is 0 Å². The lowest BCUT2D eigenvalue weighted by atomic mass is 10.0. The number of imidazole rings is 2. The van der Waals surface area contributed by atoms with Gasteiger partial charge in [-0.25, -0.2) is 37.7 Å². The summed E-state index contributed by atoms with van der Waals surface area (Å²) in [6.07, 6.45) is 9.60. The molecule has 0 radical (unpaired) electrons. The van der Waals surface area contributed by atoms with Crippen molar-refractivity contribution in [1.29, 1.82) is 0 Å². The van der Waals surface area contributed by atoms with Crippen molar-refractivity contribution in [1.82, 2.24) is 69.8 Å². The number of hydrogen-bond acceptors (Lipinski definition) is 18. The molecule has 6 saturated heterocycles. The topological polar surface area (TPSA) is 247 Å². The maximum Gasteiger partial charge on any atom is 0.255 e. The quantitative estimate of drug-likeness (QED) is 0.0807. The molecule has 26 heteroatoms. The van der Waals surface area contributed by atoms with Crippen LogP contribution in [0.2, 0.25) is 0 Å². The van der Waals surface area contributed by atoms with Gasteiger partial charge in [0.25, 0.3) is 11.8 Å². The molecule has 3 N–H and O–H groups in total. The number of piperazine rings is 2. The van der Waals surface area contributed by atoms with E-state index in [1.54, 1.807) is 40.1 Å². The van der Waals surface area contributed by atoms with E-state index in [9.17, 15) is 37.5 Å². The molecule has 2 unspecified atom stereocenters. The Morgan fingerprint density at radius 1 is 0.468 bits per heavy atom. The molecule has 8 aliphatic rings. The van der Waals surface area contributed by atoms with Gasteiger partial charge in [0.05, 0.1) is 42.4 Å². The highest BCUT2D eigenvalue weighted by molar-refractivity contribution is 6.06. The van der Waals surface area contributed by atoms with Crippen LogP contribution in [-0.2, 0) is 32.3 Å². The highest BCUT2D eigenvalue weighted by Crippen LogP contribution is 2.39. The molecule has 18 rings (SSSR count). The molecule has 8 aliphatic heterocycles. The fourth-order valence-electron chi connectivity index (χ4n) is 15.8. The van der Waals surface area contributed by atoms with Crippen LogP contribution in [0.3, 0.4) is 0 Å². The first kappa shape index (κ1) is 71.0. The van der Waals surface area contributed by atoms with Gasteiger partial charge in [0, 0.05) is 120 Å². The number of fused-ring (bicyclic) bond motifs is 4. The summed E-state index contributed by atoms with van der Waals surface area (Å²) in [7, 11) is 0. The summed E-state index contributed by atoms with van der Waals surface area (Å²) in [6.45, 7) is 12.1. The van der Waals surface area contributed by atoms with E-state index in [2.05, 4.69) is 80.2 Å². The Morgan fingerprint density at radius 2 is 0.945 bits per heavy atom. The van der Waals surface area contributed by atoms with Gasteiger partial charge in [-0.3, -0.25) is 44.3 Å². The Morgan fingerprint density at radius 3 is 1.42 bits per heavy atom. The second-order valence-corrected chi connectivity index (χ2v) is 28.3. The molecule has 10 aromatic rings. The normalized spacial score (nSPS) is 19.9. The number of carbonyl (C=O) groups is 6. The number of piperidine rings is 2. The Balaban J connectivity index is 0.000000139. The molecular weight excluding hydrogens is 1380 g/mol. The molecule has 0 bridgehead atoms. The van der Waals surface area contributed by atoms with Gasteiger partial charge in [0.15, 0.2) is 11.3 Å². The van der Waals surface area contributed by atoms with Crippen LogP contribution >= 0.6 is 0 Å². The first-order chi connectivity index (χ1) is 53.2. The van der Waals surface area contributed by atoms with E-state index in [1.807, 2.05) is 125 Å². The van der Waals surface area contributed by atoms with Crippen LogP contribution in [0.1, 0.15) is 131 Å². The monoisotopic (exact) mass is 1460 g/mol. The zero-order valence-electron chi connectivity index (χ0n) is 60.3. The number of pyridine rings is 2. The summed E-state index contributed by atoms with van der Waals surface area (Å²) in [6, 6.07) is 44.0. The lowest BCUT2D eigenvalue weighted by molar-refractivity contribution is -0.138. The van der Waals surface area contributed by atoms with Crippen molar-refractivity contribution in [3.8, 4) is 46.5 Å². The van der Waals surface area contributed by atoms with E-state index in [1.165, 1.54) is 12.1 Å². The van der Waals surface area contributed by atoms with E-state index in [0.717, 1.165) is 188 Å². The molecule has 14 heterocycles. The molecule has 4 atom stereocenters. The van der Waals surface area contributed by atoms with Gasteiger partial charge < -0.3 is 34.7 Å². The number of rotatable bonds is 11. The SMILES string of the molecule is CCC#Cc1ccc2c(c1)C(=O)N(C1CCC(=O)NC1=O)C2.Fc1cccc([C@H]2CCCN2c2ccc3ncc(-c4cccc(N5CCNCC5)n4)n3n2)c1.O=C1CCC(N2Cc3ccc(C#CCN4CCN(c5cccc(-c6cnc7ccc(N8CCC[C@@H]8c8cccc(F)c8)nn67)n5)CC4)cc3C2=O)C(=O)N1. The van der Waals surface area contributed by atoms with Crippen molar-refractivity contribution in [2.24, 2.45) is 0 Å². The number of imide groups is 2. The van der Waals surface area contributed by atoms with Crippen molar-refractivity contribution in [3.05, 3.63) is 214 Å². The van der Waals surface area contributed by atoms with E-state index >= 15 is 0 Å². The van der Waals surface area contributed by atoms with Crippen molar-refractivity contribution in [3.63, 3.8) is 0 Å². The average molecular weight is 1460 g/mol. The van der Waals surface area contributed by atoms with E-state index in [-0.39, 0.29) is 66.1 Å². The Bertz CT molecular complexity index is 5340.